The molecular formula is C18H25Cl2N5O2. The third-order valence-electron chi connectivity index (χ3n) is 4.65. The molecule has 27 heavy (non-hydrogen) atoms. The summed E-state index contributed by atoms with van der Waals surface area (Å²) in [5.74, 6) is -0.0637. The molecule has 4 rings (SSSR count). The van der Waals surface area contributed by atoms with Crippen molar-refractivity contribution in [2.45, 2.75) is 19.6 Å². The molecule has 0 saturated carbocycles. The standard InChI is InChI=1S/C18H23N5O2.2ClH/c24-18(20-12-14-11-15-13-19-5-6-23(15)21-14)16-3-1-2-4-17(16)22-7-9-25-10-8-22;;/h1-4,11,19H,5-10,12-13H2,(H,20,24);2*1H. The summed E-state index contributed by atoms with van der Waals surface area (Å²) in [6, 6.07) is 9.81. The van der Waals surface area contributed by atoms with Crippen LogP contribution in [0, 0.1) is 0 Å². The largest absolute Gasteiger partial charge is 0.378 e. The molecule has 0 unspecified atom stereocenters. The van der Waals surface area contributed by atoms with E-state index in [1.807, 2.05) is 28.9 Å². The highest BCUT2D eigenvalue weighted by Crippen LogP contribution is 2.21. The Bertz CT molecular complexity index is 738. The van der Waals surface area contributed by atoms with Gasteiger partial charge in [0.25, 0.3) is 5.91 Å². The van der Waals surface area contributed by atoms with Gasteiger partial charge in [-0.2, -0.15) is 5.10 Å². The Morgan fingerprint density at radius 2 is 1.96 bits per heavy atom. The van der Waals surface area contributed by atoms with E-state index < -0.39 is 0 Å². The van der Waals surface area contributed by atoms with E-state index in [-0.39, 0.29) is 30.7 Å². The summed E-state index contributed by atoms with van der Waals surface area (Å²) in [6.07, 6.45) is 0. The number of fused-ring (bicyclic) bond motifs is 1. The molecule has 0 atom stereocenters. The average molecular weight is 414 g/mol. The Morgan fingerprint density at radius 1 is 1.19 bits per heavy atom. The van der Waals surface area contributed by atoms with E-state index in [1.165, 1.54) is 5.69 Å². The van der Waals surface area contributed by atoms with Gasteiger partial charge in [0.2, 0.25) is 0 Å². The SMILES string of the molecule is Cl.Cl.O=C(NCc1cc2n(n1)CCNC2)c1ccccc1N1CCOCC1. The molecule has 2 aliphatic rings. The normalized spacial score (nSPS) is 15.9. The minimum absolute atomic E-state index is 0. The molecule has 2 N–H and O–H groups in total. The Balaban J connectivity index is 0.00000131. The van der Waals surface area contributed by atoms with Crippen molar-refractivity contribution in [1.82, 2.24) is 20.4 Å². The molecule has 1 aromatic carbocycles. The molecule has 0 aliphatic carbocycles. The lowest BCUT2D eigenvalue weighted by molar-refractivity contribution is 0.0949. The van der Waals surface area contributed by atoms with Crippen molar-refractivity contribution >= 4 is 36.4 Å². The van der Waals surface area contributed by atoms with E-state index in [0.717, 1.165) is 44.1 Å². The average Bonchev–Trinajstić information content (AvgIpc) is 3.10. The quantitative estimate of drug-likeness (QED) is 0.796. The number of para-hydroxylation sites is 1. The van der Waals surface area contributed by atoms with Crippen LogP contribution in [0.15, 0.2) is 30.3 Å². The summed E-state index contributed by atoms with van der Waals surface area (Å²) in [6.45, 7) is 6.11. The number of hydrogen-bond donors (Lipinski definition) is 2. The number of amides is 1. The van der Waals surface area contributed by atoms with Gasteiger partial charge in [0, 0.05) is 31.9 Å². The van der Waals surface area contributed by atoms with Crippen molar-refractivity contribution in [2.24, 2.45) is 0 Å². The number of rotatable bonds is 4. The summed E-state index contributed by atoms with van der Waals surface area (Å²) < 4.78 is 7.42. The van der Waals surface area contributed by atoms with Crippen LogP contribution >= 0.6 is 24.8 Å². The van der Waals surface area contributed by atoms with Crippen molar-refractivity contribution < 1.29 is 9.53 Å². The number of hydrogen-bond acceptors (Lipinski definition) is 5. The van der Waals surface area contributed by atoms with Crippen LogP contribution in [0.25, 0.3) is 0 Å². The van der Waals surface area contributed by atoms with Crippen LogP contribution in [0.1, 0.15) is 21.7 Å². The second kappa shape index (κ2) is 9.94. The first kappa shape index (κ1) is 21.5. The molecule has 1 saturated heterocycles. The van der Waals surface area contributed by atoms with Crippen molar-refractivity contribution in [3.05, 3.63) is 47.3 Å². The highest BCUT2D eigenvalue weighted by molar-refractivity contribution is 5.99. The van der Waals surface area contributed by atoms with Gasteiger partial charge in [-0.25, -0.2) is 0 Å². The molecule has 3 heterocycles. The molecule has 2 aliphatic heterocycles. The van der Waals surface area contributed by atoms with Crippen LogP contribution in [-0.2, 0) is 24.4 Å². The van der Waals surface area contributed by atoms with Gasteiger partial charge in [-0.1, -0.05) is 12.1 Å². The van der Waals surface area contributed by atoms with E-state index in [9.17, 15) is 4.79 Å². The Morgan fingerprint density at radius 3 is 2.74 bits per heavy atom. The summed E-state index contributed by atoms with van der Waals surface area (Å²) >= 11 is 0. The zero-order chi connectivity index (χ0) is 17.1. The second-order valence-electron chi connectivity index (χ2n) is 6.33. The molecule has 0 bridgehead atoms. The predicted molar refractivity (Wildman–Crippen MR) is 109 cm³/mol. The fourth-order valence-electron chi connectivity index (χ4n) is 3.35. The molecule has 148 valence electrons. The zero-order valence-electron chi connectivity index (χ0n) is 15.0. The fraction of sp³-hybridized carbons (Fsp3) is 0.444. The van der Waals surface area contributed by atoms with E-state index in [2.05, 4.69) is 26.7 Å². The summed E-state index contributed by atoms with van der Waals surface area (Å²) in [4.78, 5) is 14.9. The first-order chi connectivity index (χ1) is 12.3. The monoisotopic (exact) mass is 413 g/mol. The maximum atomic E-state index is 12.7. The summed E-state index contributed by atoms with van der Waals surface area (Å²) in [5.41, 5.74) is 3.74. The van der Waals surface area contributed by atoms with Gasteiger partial charge in [-0.3, -0.25) is 9.48 Å². The number of aromatic nitrogens is 2. The van der Waals surface area contributed by atoms with Crippen LogP contribution in [0.5, 0.6) is 0 Å². The molecule has 1 fully saturated rings. The van der Waals surface area contributed by atoms with Crippen LogP contribution in [0.4, 0.5) is 5.69 Å². The molecule has 7 nitrogen and oxygen atoms in total. The topological polar surface area (TPSA) is 71.4 Å². The van der Waals surface area contributed by atoms with Gasteiger partial charge >= 0.3 is 0 Å². The van der Waals surface area contributed by atoms with E-state index in [4.69, 9.17) is 4.74 Å². The number of nitrogens with one attached hydrogen (secondary N) is 2. The number of benzene rings is 1. The van der Waals surface area contributed by atoms with Gasteiger partial charge in [0.15, 0.2) is 0 Å². The molecule has 9 heteroatoms. The number of morpholine rings is 1. The van der Waals surface area contributed by atoms with Crippen molar-refractivity contribution in [3.8, 4) is 0 Å². The predicted octanol–water partition coefficient (Wildman–Crippen LogP) is 1.60. The van der Waals surface area contributed by atoms with Gasteiger partial charge in [0.1, 0.15) is 0 Å². The second-order valence-corrected chi connectivity index (χ2v) is 6.33. The maximum absolute atomic E-state index is 12.7. The zero-order valence-corrected chi connectivity index (χ0v) is 16.7. The van der Waals surface area contributed by atoms with Gasteiger partial charge in [-0.15, -0.1) is 24.8 Å². The highest BCUT2D eigenvalue weighted by atomic mass is 35.5. The van der Waals surface area contributed by atoms with Crippen molar-refractivity contribution in [3.63, 3.8) is 0 Å². The van der Waals surface area contributed by atoms with Gasteiger partial charge < -0.3 is 20.3 Å². The number of anilines is 1. The first-order valence-corrected chi connectivity index (χ1v) is 8.77. The van der Waals surface area contributed by atoms with E-state index >= 15 is 0 Å². The maximum Gasteiger partial charge on any atom is 0.253 e. The van der Waals surface area contributed by atoms with Crippen molar-refractivity contribution in [1.29, 1.82) is 0 Å². The molecule has 2 aromatic rings. The third-order valence-corrected chi connectivity index (χ3v) is 4.65. The molecule has 1 aromatic heterocycles. The van der Waals surface area contributed by atoms with Crippen molar-refractivity contribution in [2.75, 3.05) is 37.7 Å². The molecular weight excluding hydrogens is 389 g/mol. The first-order valence-electron chi connectivity index (χ1n) is 8.77. The van der Waals surface area contributed by atoms with Crippen LogP contribution in [0.2, 0.25) is 0 Å². The number of carbonyl (C=O) groups is 1. The molecule has 1 amide bonds. The number of ether oxygens (including phenoxy) is 1. The minimum atomic E-state index is -0.0637. The number of halogens is 2. The lowest BCUT2D eigenvalue weighted by Crippen LogP contribution is -2.37. The molecule has 0 radical (unpaired) electrons. The van der Waals surface area contributed by atoms with E-state index in [1.54, 1.807) is 0 Å². The number of nitrogens with zero attached hydrogens (tertiary/aromatic N) is 3. The van der Waals surface area contributed by atoms with E-state index in [0.29, 0.717) is 25.3 Å². The fourth-order valence-corrected chi connectivity index (χ4v) is 3.35. The van der Waals surface area contributed by atoms with Crippen LogP contribution in [-0.4, -0.2) is 48.5 Å². The number of carbonyl (C=O) groups excluding carboxylic acids is 1. The Labute approximate surface area is 171 Å². The third kappa shape index (κ3) is 4.93. The lowest BCUT2D eigenvalue weighted by atomic mass is 10.1. The lowest BCUT2D eigenvalue weighted by Gasteiger charge is -2.30. The van der Waals surface area contributed by atoms with Gasteiger partial charge in [0.05, 0.1) is 43.3 Å². The highest BCUT2D eigenvalue weighted by Gasteiger charge is 2.19. The smallest absolute Gasteiger partial charge is 0.253 e. The minimum Gasteiger partial charge on any atom is -0.378 e. The molecule has 0 spiro atoms. The summed E-state index contributed by atoms with van der Waals surface area (Å²) in [7, 11) is 0. The van der Waals surface area contributed by atoms with Crippen LogP contribution < -0.4 is 15.5 Å². The Hall–Kier alpha value is -1.80. The Kier molecular flexibility index (Phi) is 7.91. The van der Waals surface area contributed by atoms with Gasteiger partial charge in [-0.05, 0) is 18.2 Å². The summed E-state index contributed by atoms with van der Waals surface area (Å²) in [5, 5.41) is 10.9. The van der Waals surface area contributed by atoms with Crippen LogP contribution in [0.3, 0.4) is 0 Å².